The molecule has 0 saturated carbocycles. The minimum Gasteiger partial charge on any atom is -0.489 e. The Morgan fingerprint density at radius 3 is 2.16 bits per heavy atom. The molecule has 2 rings (SSSR count). The number of rotatable bonds is 5. The van der Waals surface area contributed by atoms with E-state index < -0.39 is 0 Å². The van der Waals surface area contributed by atoms with Crippen molar-refractivity contribution in [3.8, 4) is 5.75 Å². The van der Waals surface area contributed by atoms with Crippen molar-refractivity contribution in [3.63, 3.8) is 0 Å². The molecule has 0 aliphatic heterocycles. The minimum absolute atomic E-state index is 0.296. The van der Waals surface area contributed by atoms with Gasteiger partial charge in [-0.2, -0.15) is 0 Å². The van der Waals surface area contributed by atoms with E-state index in [2.05, 4.69) is 0 Å². The summed E-state index contributed by atoms with van der Waals surface area (Å²) >= 11 is 11.8. The van der Waals surface area contributed by atoms with Gasteiger partial charge in [-0.1, -0.05) is 35.3 Å². The lowest BCUT2D eigenvalue weighted by molar-refractivity contribution is 0.306. The van der Waals surface area contributed by atoms with E-state index in [0.717, 1.165) is 16.9 Å². The second-order valence-electron chi connectivity index (χ2n) is 4.03. The standard InChI is InChI=1S/C15H11Cl2O2/c16-13-7-12(8-14(17)9-13)10-19-15-3-1-11(2-4-15)5-6-18/h1-4,7-9H,5,10H2. The zero-order valence-electron chi connectivity index (χ0n) is 10.0. The van der Waals surface area contributed by atoms with Crippen LogP contribution in [0.3, 0.4) is 0 Å². The SMILES string of the molecule is O=[C]Cc1ccc(OCc2cc(Cl)cc(Cl)c2)cc1. The van der Waals surface area contributed by atoms with Gasteiger partial charge in [0.15, 0.2) is 0 Å². The summed E-state index contributed by atoms with van der Waals surface area (Å²) in [6.45, 7) is 0.388. The summed E-state index contributed by atoms with van der Waals surface area (Å²) in [5, 5.41) is 1.17. The number of halogens is 2. The van der Waals surface area contributed by atoms with Crippen molar-refractivity contribution in [1.82, 2.24) is 0 Å². The predicted octanol–water partition coefficient (Wildman–Crippen LogP) is 4.22. The lowest BCUT2D eigenvalue weighted by Crippen LogP contribution is -1.96. The summed E-state index contributed by atoms with van der Waals surface area (Å²) < 4.78 is 5.62. The maximum Gasteiger partial charge on any atom is 0.203 e. The molecule has 0 aliphatic rings. The Labute approximate surface area is 121 Å². The van der Waals surface area contributed by atoms with Crippen LogP contribution in [-0.2, 0) is 17.8 Å². The van der Waals surface area contributed by atoms with Gasteiger partial charge in [0.05, 0.1) is 0 Å². The van der Waals surface area contributed by atoms with Crippen molar-refractivity contribution in [2.24, 2.45) is 0 Å². The first-order valence-electron chi connectivity index (χ1n) is 5.69. The topological polar surface area (TPSA) is 26.3 Å². The molecule has 0 unspecified atom stereocenters. The molecule has 19 heavy (non-hydrogen) atoms. The van der Waals surface area contributed by atoms with Crippen LogP contribution >= 0.6 is 23.2 Å². The molecule has 0 saturated heterocycles. The molecule has 0 amide bonds. The smallest absolute Gasteiger partial charge is 0.203 e. The highest BCUT2D eigenvalue weighted by Crippen LogP contribution is 2.21. The van der Waals surface area contributed by atoms with E-state index in [1.165, 1.54) is 0 Å². The zero-order valence-corrected chi connectivity index (χ0v) is 11.5. The van der Waals surface area contributed by atoms with Crippen molar-refractivity contribution in [2.45, 2.75) is 13.0 Å². The fraction of sp³-hybridized carbons (Fsp3) is 0.133. The van der Waals surface area contributed by atoms with Crippen LogP contribution in [0.5, 0.6) is 5.75 Å². The molecular weight excluding hydrogens is 283 g/mol. The normalized spacial score (nSPS) is 10.2. The molecule has 2 aromatic rings. The highest BCUT2D eigenvalue weighted by molar-refractivity contribution is 6.34. The molecule has 0 N–H and O–H groups in total. The van der Waals surface area contributed by atoms with Gasteiger partial charge in [-0.15, -0.1) is 0 Å². The molecule has 2 aromatic carbocycles. The number of hydrogen-bond acceptors (Lipinski definition) is 2. The first-order chi connectivity index (χ1) is 9.17. The van der Waals surface area contributed by atoms with Crippen LogP contribution in [0.1, 0.15) is 11.1 Å². The van der Waals surface area contributed by atoms with Crippen molar-refractivity contribution in [1.29, 1.82) is 0 Å². The van der Waals surface area contributed by atoms with Gasteiger partial charge in [0.25, 0.3) is 0 Å². The van der Waals surface area contributed by atoms with Crippen LogP contribution in [0.25, 0.3) is 0 Å². The Kier molecular flexibility index (Phi) is 4.83. The van der Waals surface area contributed by atoms with Crippen LogP contribution in [0.15, 0.2) is 42.5 Å². The third-order valence-electron chi connectivity index (χ3n) is 2.53. The summed E-state index contributed by atoms with van der Waals surface area (Å²) in [7, 11) is 0. The van der Waals surface area contributed by atoms with Crippen molar-refractivity contribution in [3.05, 3.63) is 63.6 Å². The number of ether oxygens (including phenoxy) is 1. The Balaban J connectivity index is 1.99. The van der Waals surface area contributed by atoms with E-state index >= 15 is 0 Å². The van der Waals surface area contributed by atoms with Gasteiger partial charge >= 0.3 is 0 Å². The van der Waals surface area contributed by atoms with Gasteiger partial charge in [-0.05, 0) is 41.5 Å². The maximum absolute atomic E-state index is 10.3. The van der Waals surface area contributed by atoms with Crippen LogP contribution in [-0.4, -0.2) is 6.29 Å². The second kappa shape index (κ2) is 6.60. The van der Waals surface area contributed by atoms with Gasteiger partial charge < -0.3 is 4.74 Å². The largest absolute Gasteiger partial charge is 0.489 e. The minimum atomic E-state index is 0.296. The Morgan fingerprint density at radius 1 is 0.947 bits per heavy atom. The molecule has 97 valence electrons. The quantitative estimate of drug-likeness (QED) is 0.825. The highest BCUT2D eigenvalue weighted by Gasteiger charge is 2.00. The summed E-state index contributed by atoms with van der Waals surface area (Å²) in [4.78, 5) is 10.3. The van der Waals surface area contributed by atoms with E-state index in [4.69, 9.17) is 27.9 Å². The lowest BCUT2D eigenvalue weighted by Gasteiger charge is -2.07. The third kappa shape index (κ3) is 4.27. The highest BCUT2D eigenvalue weighted by atomic mass is 35.5. The second-order valence-corrected chi connectivity index (χ2v) is 4.90. The van der Waals surface area contributed by atoms with E-state index in [1.54, 1.807) is 6.07 Å². The zero-order chi connectivity index (χ0) is 13.7. The maximum atomic E-state index is 10.3. The Hall–Kier alpha value is -1.51. The monoisotopic (exact) mass is 293 g/mol. The fourth-order valence-corrected chi connectivity index (χ4v) is 2.22. The third-order valence-corrected chi connectivity index (χ3v) is 2.96. The first kappa shape index (κ1) is 13.9. The van der Waals surface area contributed by atoms with Crippen LogP contribution < -0.4 is 4.74 Å². The molecule has 0 aromatic heterocycles. The van der Waals surface area contributed by atoms with Crippen LogP contribution in [0, 0.1) is 0 Å². The number of carbonyl (C=O) groups excluding carboxylic acids is 1. The Bertz CT molecular complexity index is 545. The average molecular weight is 294 g/mol. The van der Waals surface area contributed by atoms with Crippen LogP contribution in [0.4, 0.5) is 0 Å². The molecule has 0 fully saturated rings. The van der Waals surface area contributed by atoms with E-state index in [-0.39, 0.29) is 0 Å². The summed E-state index contributed by atoms with van der Waals surface area (Å²) in [6.07, 6.45) is 2.15. The molecule has 0 aliphatic carbocycles. The summed E-state index contributed by atoms with van der Waals surface area (Å²) in [5.41, 5.74) is 1.82. The predicted molar refractivity (Wildman–Crippen MR) is 76.6 cm³/mol. The van der Waals surface area contributed by atoms with Gasteiger partial charge in [0.1, 0.15) is 12.4 Å². The lowest BCUT2D eigenvalue weighted by atomic mass is 10.2. The molecule has 0 spiro atoms. The van der Waals surface area contributed by atoms with E-state index in [0.29, 0.717) is 23.1 Å². The molecular formula is C15H11Cl2O2. The van der Waals surface area contributed by atoms with Gasteiger partial charge in [0.2, 0.25) is 6.29 Å². The van der Waals surface area contributed by atoms with Gasteiger partial charge in [0, 0.05) is 16.5 Å². The van der Waals surface area contributed by atoms with Crippen molar-refractivity contribution >= 4 is 29.5 Å². The fourth-order valence-electron chi connectivity index (χ4n) is 1.65. The first-order valence-corrected chi connectivity index (χ1v) is 6.44. The molecule has 2 nitrogen and oxygen atoms in total. The van der Waals surface area contributed by atoms with Crippen LogP contribution in [0.2, 0.25) is 10.0 Å². The summed E-state index contributed by atoms with van der Waals surface area (Å²) in [5.74, 6) is 0.728. The van der Waals surface area contributed by atoms with Crippen molar-refractivity contribution in [2.75, 3.05) is 0 Å². The molecule has 0 heterocycles. The van der Waals surface area contributed by atoms with Gasteiger partial charge in [-0.3, -0.25) is 4.79 Å². The Morgan fingerprint density at radius 2 is 1.58 bits per heavy atom. The number of hydrogen-bond donors (Lipinski definition) is 0. The molecule has 0 atom stereocenters. The number of benzene rings is 2. The van der Waals surface area contributed by atoms with E-state index in [1.807, 2.05) is 42.7 Å². The van der Waals surface area contributed by atoms with Crippen molar-refractivity contribution < 1.29 is 9.53 Å². The molecule has 4 heteroatoms. The summed E-state index contributed by atoms with van der Waals surface area (Å²) in [6, 6.07) is 12.6. The molecule has 1 radical (unpaired) electrons. The van der Waals surface area contributed by atoms with Gasteiger partial charge in [-0.25, -0.2) is 0 Å². The average Bonchev–Trinajstić information content (AvgIpc) is 2.37. The molecule has 0 bridgehead atoms. The van der Waals surface area contributed by atoms with E-state index in [9.17, 15) is 4.79 Å².